The number of furan rings is 1. The Morgan fingerprint density at radius 1 is 1.24 bits per heavy atom. The molecule has 0 aliphatic heterocycles. The molecule has 2 aromatic heterocycles. The molecule has 0 spiro atoms. The van der Waals surface area contributed by atoms with E-state index in [4.69, 9.17) is 9.15 Å². The van der Waals surface area contributed by atoms with Crippen LogP contribution < -0.4 is 0 Å². The van der Waals surface area contributed by atoms with Crippen molar-refractivity contribution in [1.82, 2.24) is 9.97 Å². The number of allylic oxidation sites excluding steroid dienone is 1. The lowest BCUT2D eigenvalue weighted by molar-refractivity contribution is 0.0601. The van der Waals surface area contributed by atoms with Crippen LogP contribution in [0.3, 0.4) is 0 Å². The summed E-state index contributed by atoms with van der Waals surface area (Å²) in [4.78, 5) is 19.7. The first kappa shape index (κ1) is 18.7. The van der Waals surface area contributed by atoms with E-state index in [9.17, 15) is 10.1 Å². The van der Waals surface area contributed by atoms with Crippen LogP contribution in [0.2, 0.25) is 0 Å². The number of carbonyl (C=O) groups excluding carboxylic acids is 1. The van der Waals surface area contributed by atoms with Crippen molar-refractivity contribution in [3.05, 3.63) is 76.2 Å². The number of nitrogens with zero attached hydrogens (tertiary/aromatic N) is 2. The van der Waals surface area contributed by atoms with Gasteiger partial charge in [0.05, 0.1) is 29.3 Å². The molecule has 0 atom stereocenters. The van der Waals surface area contributed by atoms with Gasteiger partial charge in [-0.2, -0.15) is 5.26 Å². The number of imidazole rings is 1. The first-order chi connectivity index (χ1) is 14.1. The largest absolute Gasteiger partial charge is 0.465 e. The molecule has 7 heteroatoms. The highest BCUT2D eigenvalue weighted by Gasteiger charge is 2.17. The van der Waals surface area contributed by atoms with Gasteiger partial charge >= 0.3 is 5.97 Å². The number of nitriles is 1. The van der Waals surface area contributed by atoms with Crippen molar-refractivity contribution in [2.45, 2.75) is 0 Å². The number of methoxy groups -OCH3 is 1. The average molecular weight is 448 g/mol. The highest BCUT2D eigenvalue weighted by atomic mass is 79.9. The molecule has 4 aromatic rings. The normalized spacial score (nSPS) is 11.4. The second-order valence-electron chi connectivity index (χ2n) is 6.16. The second kappa shape index (κ2) is 7.78. The summed E-state index contributed by atoms with van der Waals surface area (Å²) >= 11 is 3.36. The Bertz CT molecular complexity index is 1260. The Kier molecular flexibility index (Phi) is 5.02. The van der Waals surface area contributed by atoms with Crippen LogP contribution in [0.5, 0.6) is 0 Å². The van der Waals surface area contributed by atoms with Crippen molar-refractivity contribution < 1.29 is 13.9 Å². The number of H-pyrrole nitrogens is 1. The number of carbonyl (C=O) groups is 1. The number of benzene rings is 2. The summed E-state index contributed by atoms with van der Waals surface area (Å²) in [6, 6.07) is 18.4. The van der Waals surface area contributed by atoms with Gasteiger partial charge in [-0.1, -0.05) is 28.1 Å². The van der Waals surface area contributed by atoms with Crippen molar-refractivity contribution >= 4 is 44.6 Å². The van der Waals surface area contributed by atoms with E-state index in [2.05, 4.69) is 32.0 Å². The maximum Gasteiger partial charge on any atom is 0.338 e. The molecule has 0 fully saturated rings. The van der Waals surface area contributed by atoms with Gasteiger partial charge in [0, 0.05) is 16.1 Å². The van der Waals surface area contributed by atoms with Crippen LogP contribution in [-0.2, 0) is 4.74 Å². The lowest BCUT2D eigenvalue weighted by atomic mass is 10.1. The summed E-state index contributed by atoms with van der Waals surface area (Å²) in [7, 11) is 1.33. The third-order valence-corrected chi connectivity index (χ3v) is 4.82. The highest BCUT2D eigenvalue weighted by molar-refractivity contribution is 9.10. The van der Waals surface area contributed by atoms with E-state index in [-0.39, 0.29) is 0 Å². The van der Waals surface area contributed by atoms with Crippen LogP contribution in [0.4, 0.5) is 0 Å². The number of nitrogens with one attached hydrogen (secondary N) is 1. The Hall–Kier alpha value is -3.63. The van der Waals surface area contributed by atoms with E-state index in [1.165, 1.54) is 7.11 Å². The SMILES string of the molecule is COC(=O)c1cc(Br)ccc1-c1ccc(C=C(C#N)c2nc3ccccc3[nH]2)o1. The standard InChI is InChI=1S/C22H14BrN3O3/c1-28-22(27)17-11-14(23)6-8-16(17)20-9-7-15(29-20)10-13(12-24)21-25-18-4-2-3-5-19(18)26-21/h2-11H,1H3,(H,25,26). The molecule has 0 bridgehead atoms. The van der Waals surface area contributed by atoms with Gasteiger partial charge in [-0.25, -0.2) is 9.78 Å². The fourth-order valence-corrected chi connectivity index (χ4v) is 3.32. The average Bonchev–Trinajstić information content (AvgIpc) is 3.38. The molecule has 0 saturated carbocycles. The molecule has 0 unspecified atom stereocenters. The van der Waals surface area contributed by atoms with Crippen molar-refractivity contribution in [3.8, 4) is 17.4 Å². The van der Waals surface area contributed by atoms with Gasteiger partial charge in [0.25, 0.3) is 0 Å². The zero-order chi connectivity index (χ0) is 20.4. The van der Waals surface area contributed by atoms with E-state index in [1.54, 1.807) is 30.3 Å². The van der Waals surface area contributed by atoms with Gasteiger partial charge in [-0.15, -0.1) is 0 Å². The zero-order valence-electron chi connectivity index (χ0n) is 15.3. The topological polar surface area (TPSA) is 91.9 Å². The van der Waals surface area contributed by atoms with E-state index >= 15 is 0 Å². The first-order valence-electron chi connectivity index (χ1n) is 8.64. The van der Waals surface area contributed by atoms with Crippen molar-refractivity contribution in [2.24, 2.45) is 0 Å². The summed E-state index contributed by atoms with van der Waals surface area (Å²) in [5.74, 6) is 0.960. The smallest absolute Gasteiger partial charge is 0.338 e. The van der Waals surface area contributed by atoms with Crippen LogP contribution in [0, 0.1) is 11.3 Å². The molecule has 0 radical (unpaired) electrons. The number of aromatic amines is 1. The van der Waals surface area contributed by atoms with Crippen molar-refractivity contribution in [1.29, 1.82) is 5.26 Å². The van der Waals surface area contributed by atoms with Crippen LogP contribution in [0.15, 0.2) is 63.5 Å². The van der Waals surface area contributed by atoms with E-state index < -0.39 is 5.97 Å². The Labute approximate surface area is 174 Å². The van der Waals surface area contributed by atoms with Gasteiger partial charge < -0.3 is 14.1 Å². The number of hydrogen-bond acceptors (Lipinski definition) is 5. The molecule has 2 aromatic carbocycles. The van der Waals surface area contributed by atoms with Gasteiger partial charge in [0.15, 0.2) is 0 Å². The maximum absolute atomic E-state index is 12.1. The summed E-state index contributed by atoms with van der Waals surface area (Å²) in [5.41, 5.74) is 2.94. The zero-order valence-corrected chi connectivity index (χ0v) is 16.9. The molecule has 2 heterocycles. The maximum atomic E-state index is 12.1. The summed E-state index contributed by atoms with van der Waals surface area (Å²) in [6.07, 6.45) is 1.61. The lowest BCUT2D eigenvalue weighted by Gasteiger charge is -2.06. The number of esters is 1. The molecule has 4 rings (SSSR count). The molecule has 0 aliphatic rings. The highest BCUT2D eigenvalue weighted by Crippen LogP contribution is 2.30. The predicted molar refractivity (Wildman–Crippen MR) is 113 cm³/mol. The minimum atomic E-state index is -0.463. The summed E-state index contributed by atoms with van der Waals surface area (Å²) in [6.45, 7) is 0. The molecule has 0 aliphatic carbocycles. The van der Waals surface area contributed by atoms with Gasteiger partial charge in [0.2, 0.25) is 0 Å². The number of para-hydroxylation sites is 2. The lowest BCUT2D eigenvalue weighted by Crippen LogP contribution is -2.03. The van der Waals surface area contributed by atoms with Gasteiger partial charge in [0.1, 0.15) is 23.4 Å². The minimum Gasteiger partial charge on any atom is -0.465 e. The fraction of sp³-hybridized carbons (Fsp3) is 0.0455. The number of ether oxygens (including phenoxy) is 1. The monoisotopic (exact) mass is 447 g/mol. The Morgan fingerprint density at radius 2 is 2.07 bits per heavy atom. The van der Waals surface area contributed by atoms with Gasteiger partial charge in [-0.3, -0.25) is 0 Å². The van der Waals surface area contributed by atoms with Crippen LogP contribution >= 0.6 is 15.9 Å². The number of halogens is 1. The summed E-state index contributed by atoms with van der Waals surface area (Å²) in [5, 5.41) is 9.58. The molecule has 0 saturated heterocycles. The quantitative estimate of drug-likeness (QED) is 0.332. The molecule has 6 nitrogen and oxygen atoms in total. The Balaban J connectivity index is 1.72. The van der Waals surface area contributed by atoms with Crippen molar-refractivity contribution in [2.75, 3.05) is 7.11 Å². The fourth-order valence-electron chi connectivity index (χ4n) is 2.96. The second-order valence-corrected chi connectivity index (χ2v) is 7.07. The number of aromatic nitrogens is 2. The molecular formula is C22H14BrN3O3. The number of rotatable bonds is 4. The Morgan fingerprint density at radius 3 is 2.83 bits per heavy atom. The van der Waals surface area contributed by atoms with Gasteiger partial charge in [-0.05, 0) is 42.5 Å². The molecular weight excluding hydrogens is 434 g/mol. The first-order valence-corrected chi connectivity index (χ1v) is 9.43. The van der Waals surface area contributed by atoms with E-state index in [0.29, 0.717) is 34.0 Å². The van der Waals surface area contributed by atoms with E-state index in [1.807, 2.05) is 30.3 Å². The molecule has 1 N–H and O–H groups in total. The minimum absolute atomic E-state index is 0.339. The molecule has 29 heavy (non-hydrogen) atoms. The molecule has 0 amide bonds. The number of hydrogen-bond donors (Lipinski definition) is 1. The van der Waals surface area contributed by atoms with Crippen LogP contribution in [0.1, 0.15) is 21.9 Å². The third-order valence-electron chi connectivity index (χ3n) is 4.33. The van der Waals surface area contributed by atoms with Crippen LogP contribution in [-0.4, -0.2) is 23.0 Å². The molecule has 142 valence electrons. The van der Waals surface area contributed by atoms with Crippen LogP contribution in [0.25, 0.3) is 34.0 Å². The summed E-state index contributed by atoms with van der Waals surface area (Å²) < 4.78 is 11.5. The number of fused-ring (bicyclic) bond motifs is 1. The predicted octanol–water partition coefficient (Wildman–Crippen LogP) is 5.44. The van der Waals surface area contributed by atoms with E-state index in [0.717, 1.165) is 15.5 Å². The van der Waals surface area contributed by atoms with Crippen molar-refractivity contribution in [3.63, 3.8) is 0 Å². The third kappa shape index (κ3) is 3.71.